The number of nitro groups is 1. The average Bonchev–Trinajstić information content (AvgIpc) is 2.81. The number of rotatable bonds is 4. The highest BCUT2D eigenvalue weighted by Crippen LogP contribution is 2.27. The topological polar surface area (TPSA) is 97.6 Å². The van der Waals surface area contributed by atoms with Gasteiger partial charge in [-0.1, -0.05) is 0 Å². The summed E-state index contributed by atoms with van der Waals surface area (Å²) in [6, 6.07) is 5.35. The fourth-order valence-corrected chi connectivity index (χ4v) is 2.48. The molecule has 0 aromatic heterocycles. The van der Waals surface area contributed by atoms with Crippen molar-refractivity contribution in [2.75, 3.05) is 6.54 Å². The zero-order valence-corrected chi connectivity index (χ0v) is 12.4. The van der Waals surface area contributed by atoms with Crippen LogP contribution in [0.3, 0.4) is 0 Å². The van der Waals surface area contributed by atoms with E-state index in [0.717, 1.165) is 30.3 Å². The largest absolute Gasteiger partial charge is 0.292 e. The van der Waals surface area contributed by atoms with E-state index in [1.165, 1.54) is 0 Å². The van der Waals surface area contributed by atoms with Crippen LogP contribution in [0.4, 0.5) is 14.5 Å². The number of nitrogens with zero attached hydrogens (tertiary/aromatic N) is 2. The summed E-state index contributed by atoms with van der Waals surface area (Å²) >= 11 is 0. The minimum Gasteiger partial charge on any atom is -0.292 e. The van der Waals surface area contributed by atoms with Crippen LogP contribution in [0, 0.1) is 21.7 Å². The van der Waals surface area contributed by atoms with E-state index in [1.54, 1.807) is 0 Å². The third-order valence-electron chi connectivity index (χ3n) is 3.70. The summed E-state index contributed by atoms with van der Waals surface area (Å²) in [5.74, 6) is -4.55. The number of Topliss-reactive ketones (excluding diaryl/α,β-unsaturated/α-hetero) is 1. The highest BCUT2D eigenvalue weighted by molar-refractivity contribution is 6.23. The summed E-state index contributed by atoms with van der Waals surface area (Å²) in [7, 11) is 0. The molecule has 9 heteroatoms. The molecule has 0 radical (unpaired) electrons. The fourth-order valence-electron chi connectivity index (χ4n) is 2.48. The number of halogens is 2. The molecule has 0 bridgehead atoms. The van der Waals surface area contributed by atoms with Gasteiger partial charge in [-0.25, -0.2) is 8.78 Å². The lowest BCUT2D eigenvalue weighted by molar-refractivity contribution is -0.384. The second kappa shape index (κ2) is 5.86. The van der Waals surface area contributed by atoms with Gasteiger partial charge in [-0.3, -0.25) is 29.4 Å². The first-order valence-electron chi connectivity index (χ1n) is 6.92. The lowest BCUT2D eigenvalue weighted by Crippen LogP contribution is -2.35. The molecule has 2 aromatic rings. The Hall–Kier alpha value is -3.49. The summed E-state index contributed by atoms with van der Waals surface area (Å²) in [6.07, 6.45) is 0. The quantitative estimate of drug-likeness (QED) is 0.366. The molecular weight excluding hydrogens is 338 g/mol. The number of amides is 2. The SMILES string of the molecule is O=C(CN1C(=O)c2ccc([N+](=O)[O-])cc2C1=O)c1cc(F)ccc1F. The summed E-state index contributed by atoms with van der Waals surface area (Å²) in [5, 5.41) is 10.8. The van der Waals surface area contributed by atoms with E-state index in [-0.39, 0.29) is 16.8 Å². The molecule has 3 rings (SSSR count). The van der Waals surface area contributed by atoms with Gasteiger partial charge in [0.1, 0.15) is 11.6 Å². The predicted octanol–water partition coefficient (Wildman–Crippen LogP) is 2.35. The van der Waals surface area contributed by atoms with Crippen LogP contribution >= 0.6 is 0 Å². The maximum absolute atomic E-state index is 13.6. The maximum Gasteiger partial charge on any atom is 0.270 e. The lowest BCUT2D eigenvalue weighted by Gasteiger charge is -2.13. The number of imide groups is 1. The summed E-state index contributed by atoms with van der Waals surface area (Å²) in [5.41, 5.74) is -1.29. The molecule has 0 saturated carbocycles. The second-order valence-corrected chi connectivity index (χ2v) is 5.23. The zero-order valence-electron chi connectivity index (χ0n) is 12.4. The van der Waals surface area contributed by atoms with Gasteiger partial charge >= 0.3 is 0 Å². The average molecular weight is 346 g/mol. The Bertz CT molecular complexity index is 958. The van der Waals surface area contributed by atoms with Crippen molar-refractivity contribution in [2.24, 2.45) is 0 Å². The third kappa shape index (κ3) is 2.75. The van der Waals surface area contributed by atoms with Gasteiger partial charge in [0.25, 0.3) is 17.5 Å². The Morgan fingerprint density at radius 2 is 1.72 bits per heavy atom. The first-order chi connectivity index (χ1) is 11.8. The molecule has 2 aromatic carbocycles. The summed E-state index contributed by atoms with van der Waals surface area (Å²) < 4.78 is 26.8. The van der Waals surface area contributed by atoms with E-state index < -0.39 is 46.3 Å². The van der Waals surface area contributed by atoms with Crippen molar-refractivity contribution in [3.05, 3.63) is 74.8 Å². The summed E-state index contributed by atoms with van der Waals surface area (Å²) in [4.78, 5) is 47.2. The minimum absolute atomic E-state index is 0.0943. The molecule has 0 saturated heterocycles. The molecule has 0 atom stereocenters. The normalized spacial score (nSPS) is 13.1. The van der Waals surface area contributed by atoms with Crippen LogP contribution < -0.4 is 0 Å². The molecule has 0 aliphatic carbocycles. The number of hydrogen-bond acceptors (Lipinski definition) is 5. The molecule has 2 amide bonds. The first kappa shape index (κ1) is 16.4. The van der Waals surface area contributed by atoms with Crippen molar-refractivity contribution in [1.29, 1.82) is 0 Å². The van der Waals surface area contributed by atoms with Crippen molar-refractivity contribution >= 4 is 23.3 Å². The molecule has 126 valence electrons. The number of ketones is 1. The highest BCUT2D eigenvalue weighted by Gasteiger charge is 2.38. The molecular formula is C16H8F2N2O5. The van der Waals surface area contributed by atoms with Crippen molar-refractivity contribution in [3.63, 3.8) is 0 Å². The molecule has 7 nitrogen and oxygen atoms in total. The Labute approximate surface area is 138 Å². The van der Waals surface area contributed by atoms with Crippen LogP contribution in [-0.4, -0.2) is 34.0 Å². The van der Waals surface area contributed by atoms with Gasteiger partial charge in [-0.15, -0.1) is 0 Å². The Morgan fingerprint density at radius 1 is 1.04 bits per heavy atom. The van der Waals surface area contributed by atoms with Gasteiger partial charge < -0.3 is 0 Å². The van der Waals surface area contributed by atoms with Crippen LogP contribution in [0.25, 0.3) is 0 Å². The number of hydrogen-bond donors (Lipinski definition) is 0. The molecule has 1 aliphatic heterocycles. The molecule has 1 heterocycles. The number of carbonyl (C=O) groups is 3. The smallest absolute Gasteiger partial charge is 0.270 e. The van der Waals surface area contributed by atoms with E-state index >= 15 is 0 Å². The number of fused-ring (bicyclic) bond motifs is 1. The Balaban J connectivity index is 1.90. The highest BCUT2D eigenvalue weighted by atomic mass is 19.1. The van der Waals surface area contributed by atoms with E-state index in [1.807, 2.05) is 0 Å². The molecule has 0 spiro atoms. The lowest BCUT2D eigenvalue weighted by atomic mass is 10.1. The van der Waals surface area contributed by atoms with Crippen molar-refractivity contribution in [2.45, 2.75) is 0 Å². The van der Waals surface area contributed by atoms with Gasteiger partial charge in [-0.05, 0) is 24.3 Å². The fraction of sp³-hybridized carbons (Fsp3) is 0.0625. The molecule has 1 aliphatic rings. The molecule has 0 N–H and O–H groups in total. The monoisotopic (exact) mass is 346 g/mol. The maximum atomic E-state index is 13.6. The molecule has 25 heavy (non-hydrogen) atoms. The third-order valence-corrected chi connectivity index (χ3v) is 3.70. The zero-order chi connectivity index (χ0) is 18.3. The van der Waals surface area contributed by atoms with E-state index in [4.69, 9.17) is 0 Å². The minimum atomic E-state index is -0.987. The second-order valence-electron chi connectivity index (χ2n) is 5.23. The van der Waals surface area contributed by atoms with Gasteiger partial charge in [0.05, 0.1) is 28.2 Å². The standard InChI is InChI=1S/C16H8F2N2O5/c17-8-1-4-13(18)12(5-8)14(21)7-19-15(22)10-3-2-9(20(24)25)6-11(10)16(19)23/h1-6H,7H2. The first-order valence-corrected chi connectivity index (χ1v) is 6.92. The summed E-state index contributed by atoms with van der Waals surface area (Å²) in [6.45, 7) is -0.805. The molecule has 0 fully saturated rings. The molecule has 0 unspecified atom stereocenters. The Morgan fingerprint density at radius 3 is 2.40 bits per heavy atom. The van der Waals surface area contributed by atoms with Gasteiger partial charge in [0.2, 0.25) is 0 Å². The number of benzene rings is 2. The van der Waals surface area contributed by atoms with Crippen LogP contribution in [-0.2, 0) is 0 Å². The van der Waals surface area contributed by atoms with Crippen LogP contribution in [0.5, 0.6) is 0 Å². The number of non-ortho nitro benzene ring substituents is 1. The van der Waals surface area contributed by atoms with Crippen LogP contribution in [0.15, 0.2) is 36.4 Å². The van der Waals surface area contributed by atoms with Crippen molar-refractivity contribution in [3.8, 4) is 0 Å². The van der Waals surface area contributed by atoms with Crippen molar-refractivity contribution in [1.82, 2.24) is 4.90 Å². The number of carbonyl (C=O) groups excluding carboxylic acids is 3. The Kier molecular flexibility index (Phi) is 3.84. The van der Waals surface area contributed by atoms with Gasteiger partial charge in [0.15, 0.2) is 5.78 Å². The van der Waals surface area contributed by atoms with E-state index in [0.29, 0.717) is 11.0 Å². The van der Waals surface area contributed by atoms with E-state index in [9.17, 15) is 33.3 Å². The van der Waals surface area contributed by atoms with E-state index in [2.05, 4.69) is 0 Å². The predicted molar refractivity (Wildman–Crippen MR) is 79.2 cm³/mol. The van der Waals surface area contributed by atoms with Gasteiger partial charge in [-0.2, -0.15) is 0 Å². The number of nitro benzene ring substituents is 1. The van der Waals surface area contributed by atoms with Crippen molar-refractivity contribution < 1.29 is 28.1 Å². The van der Waals surface area contributed by atoms with Crippen LogP contribution in [0.1, 0.15) is 31.1 Å². The van der Waals surface area contributed by atoms with Gasteiger partial charge in [0, 0.05) is 12.1 Å². The van der Waals surface area contributed by atoms with Crippen LogP contribution in [0.2, 0.25) is 0 Å².